The minimum Gasteiger partial charge on any atom is -0.482 e. The van der Waals surface area contributed by atoms with Crippen molar-refractivity contribution in [3.8, 4) is 5.75 Å². The van der Waals surface area contributed by atoms with E-state index >= 15 is 0 Å². The van der Waals surface area contributed by atoms with E-state index in [9.17, 15) is 18.0 Å². The Morgan fingerprint density at radius 3 is 2.59 bits per heavy atom. The summed E-state index contributed by atoms with van der Waals surface area (Å²) in [4.78, 5) is 14.7. The van der Waals surface area contributed by atoms with Crippen LogP contribution in [0.2, 0.25) is 0 Å². The summed E-state index contributed by atoms with van der Waals surface area (Å²) in [5, 5.41) is 1.78. The Hall–Kier alpha value is -2.99. The van der Waals surface area contributed by atoms with Gasteiger partial charge in [-0.25, -0.2) is 9.69 Å². The molecule has 3 aliphatic heterocycles. The highest BCUT2D eigenvalue weighted by molar-refractivity contribution is 7.99. The van der Waals surface area contributed by atoms with Crippen molar-refractivity contribution in [2.45, 2.75) is 43.5 Å². The van der Waals surface area contributed by atoms with E-state index in [-0.39, 0.29) is 6.61 Å². The smallest absolute Gasteiger partial charge is 0.416 e. The molecular formula is C28H30F3N3O4S. The maximum absolute atomic E-state index is 13.1. The number of ether oxygens (including phenoxy) is 3. The maximum Gasteiger partial charge on any atom is 0.416 e. The van der Waals surface area contributed by atoms with Gasteiger partial charge in [0, 0.05) is 10.6 Å². The summed E-state index contributed by atoms with van der Waals surface area (Å²) < 4.78 is 56.1. The molecule has 2 bridgehead atoms. The van der Waals surface area contributed by atoms with E-state index in [1.165, 1.54) is 12.1 Å². The lowest BCUT2D eigenvalue weighted by molar-refractivity contribution is -0.341. The Labute approximate surface area is 229 Å². The van der Waals surface area contributed by atoms with Gasteiger partial charge in [-0.1, -0.05) is 24.3 Å². The Bertz CT molecular complexity index is 1290. The van der Waals surface area contributed by atoms with Crippen molar-refractivity contribution in [2.24, 2.45) is 5.41 Å². The molecule has 0 aromatic heterocycles. The second kappa shape index (κ2) is 10.5. The van der Waals surface area contributed by atoms with E-state index in [1.54, 1.807) is 23.7 Å². The molecule has 39 heavy (non-hydrogen) atoms. The van der Waals surface area contributed by atoms with Gasteiger partial charge in [0.2, 0.25) is 12.2 Å². The van der Waals surface area contributed by atoms with Crippen LogP contribution in [0.3, 0.4) is 0 Å². The number of allylic oxidation sites excluding steroid dienone is 3. The molecule has 6 rings (SSSR count). The SMILES string of the molecule is CCOC(=O)COc1ccc(SCC2(C34NN(c5ccc(C(F)(F)F)cc5)C(O3)N4C)C=CC=CC2)cc1C. The summed E-state index contributed by atoms with van der Waals surface area (Å²) in [5.41, 5.74) is 3.80. The second-order valence-corrected chi connectivity index (χ2v) is 10.7. The lowest BCUT2D eigenvalue weighted by Crippen LogP contribution is -2.72. The Morgan fingerprint density at radius 2 is 1.97 bits per heavy atom. The van der Waals surface area contributed by atoms with Crippen molar-refractivity contribution in [3.63, 3.8) is 0 Å². The number of alkyl halides is 3. The number of thioether (sulfide) groups is 1. The minimum atomic E-state index is -4.39. The van der Waals surface area contributed by atoms with E-state index < -0.39 is 35.3 Å². The number of aryl methyl sites for hydroxylation is 1. The first-order valence-electron chi connectivity index (χ1n) is 12.6. The highest BCUT2D eigenvalue weighted by atomic mass is 32.2. The third-order valence-corrected chi connectivity index (χ3v) is 8.43. The average molecular weight is 562 g/mol. The largest absolute Gasteiger partial charge is 0.482 e. The fraction of sp³-hybridized carbons (Fsp3) is 0.393. The molecule has 4 aliphatic rings. The van der Waals surface area contributed by atoms with Crippen molar-refractivity contribution in [3.05, 3.63) is 77.9 Å². The number of halogens is 3. The number of hydrogen-bond donors (Lipinski definition) is 1. The molecule has 3 fully saturated rings. The molecule has 1 aliphatic carbocycles. The number of carbonyl (C=O) groups excluding carboxylic acids is 1. The summed E-state index contributed by atoms with van der Waals surface area (Å²) >= 11 is 1.67. The summed E-state index contributed by atoms with van der Waals surface area (Å²) in [7, 11) is 1.95. The third kappa shape index (κ3) is 5.04. The van der Waals surface area contributed by atoms with Crippen molar-refractivity contribution in [1.29, 1.82) is 0 Å². The molecule has 3 heterocycles. The topological polar surface area (TPSA) is 63.3 Å². The van der Waals surface area contributed by atoms with Gasteiger partial charge in [0.15, 0.2) is 6.61 Å². The predicted octanol–water partition coefficient (Wildman–Crippen LogP) is 5.47. The van der Waals surface area contributed by atoms with E-state index in [1.807, 2.05) is 44.3 Å². The van der Waals surface area contributed by atoms with Crippen LogP contribution < -0.4 is 15.2 Å². The quantitative estimate of drug-likeness (QED) is 0.319. The molecule has 11 heteroatoms. The van der Waals surface area contributed by atoms with Crippen LogP contribution in [0.4, 0.5) is 18.9 Å². The molecule has 1 N–H and O–H groups in total. The molecule has 0 saturated carbocycles. The van der Waals surface area contributed by atoms with Gasteiger partial charge >= 0.3 is 12.1 Å². The van der Waals surface area contributed by atoms with Crippen LogP contribution in [-0.2, 0) is 20.4 Å². The van der Waals surface area contributed by atoms with Crippen LogP contribution in [-0.4, -0.2) is 49.1 Å². The number of fused-ring (bicyclic) bond motifs is 1. The summed E-state index contributed by atoms with van der Waals surface area (Å²) in [6, 6.07) is 10.9. The number of anilines is 1. The zero-order chi connectivity index (χ0) is 27.8. The molecule has 3 unspecified atom stereocenters. The van der Waals surface area contributed by atoms with E-state index in [0.717, 1.165) is 22.6 Å². The van der Waals surface area contributed by atoms with E-state index in [4.69, 9.17) is 14.2 Å². The third-order valence-electron chi connectivity index (χ3n) is 7.18. The lowest BCUT2D eigenvalue weighted by atomic mass is 9.76. The Morgan fingerprint density at radius 1 is 1.21 bits per heavy atom. The molecule has 0 amide bonds. The molecule has 0 spiro atoms. The summed E-state index contributed by atoms with van der Waals surface area (Å²) in [6.07, 6.45) is 4.11. The number of carbonyl (C=O) groups is 1. The van der Waals surface area contributed by atoms with Gasteiger partial charge in [0.25, 0.3) is 0 Å². The van der Waals surface area contributed by atoms with Gasteiger partial charge in [-0.05, 0) is 75.3 Å². The fourth-order valence-corrected chi connectivity index (χ4v) is 6.36. The molecule has 208 valence electrons. The predicted molar refractivity (Wildman–Crippen MR) is 142 cm³/mol. The Balaban J connectivity index is 1.31. The number of nitrogens with one attached hydrogen (secondary N) is 1. The van der Waals surface area contributed by atoms with Gasteiger partial charge in [-0.3, -0.25) is 5.01 Å². The van der Waals surface area contributed by atoms with Gasteiger partial charge in [-0.15, -0.1) is 11.8 Å². The number of hydrazine groups is 1. The number of nitrogens with zero attached hydrogens (tertiary/aromatic N) is 2. The van der Waals surface area contributed by atoms with E-state index in [2.05, 4.69) is 22.5 Å². The van der Waals surface area contributed by atoms with Crippen LogP contribution in [0.15, 0.2) is 71.7 Å². The maximum atomic E-state index is 13.1. The van der Waals surface area contributed by atoms with Gasteiger partial charge in [0.1, 0.15) is 5.75 Å². The number of benzene rings is 2. The first-order chi connectivity index (χ1) is 18.6. The molecule has 2 aromatic carbocycles. The first kappa shape index (κ1) is 27.6. The molecule has 0 radical (unpaired) electrons. The second-order valence-electron chi connectivity index (χ2n) is 9.68. The lowest BCUT2D eigenvalue weighted by Gasteiger charge is -2.55. The van der Waals surface area contributed by atoms with Crippen LogP contribution in [0.1, 0.15) is 24.5 Å². The number of rotatable bonds is 9. The van der Waals surface area contributed by atoms with Gasteiger partial charge < -0.3 is 14.2 Å². The van der Waals surface area contributed by atoms with Crippen LogP contribution in [0.5, 0.6) is 5.75 Å². The van der Waals surface area contributed by atoms with E-state index in [0.29, 0.717) is 30.2 Å². The highest BCUT2D eigenvalue weighted by Gasteiger charge is 2.70. The Kier molecular flexibility index (Phi) is 7.45. The van der Waals surface area contributed by atoms with Crippen molar-refractivity contribution in [1.82, 2.24) is 10.3 Å². The molecule has 7 nitrogen and oxygen atoms in total. The monoisotopic (exact) mass is 561 g/mol. The fourth-order valence-electron chi connectivity index (χ4n) is 5.10. The zero-order valence-corrected chi connectivity index (χ0v) is 22.6. The number of hydrogen-bond acceptors (Lipinski definition) is 8. The van der Waals surface area contributed by atoms with Crippen LogP contribution in [0.25, 0.3) is 0 Å². The molecular weight excluding hydrogens is 531 g/mol. The summed E-state index contributed by atoms with van der Waals surface area (Å²) in [5.74, 6) is 0.00916. The molecule has 3 saturated heterocycles. The van der Waals surface area contributed by atoms with Crippen molar-refractivity contribution in [2.75, 3.05) is 31.0 Å². The van der Waals surface area contributed by atoms with Gasteiger partial charge in [-0.2, -0.15) is 18.6 Å². The average Bonchev–Trinajstić information content (AvgIpc) is 3.47. The zero-order valence-electron chi connectivity index (χ0n) is 21.8. The highest BCUT2D eigenvalue weighted by Crippen LogP contribution is 2.55. The summed E-state index contributed by atoms with van der Waals surface area (Å²) in [6.45, 7) is 3.84. The van der Waals surface area contributed by atoms with Crippen LogP contribution in [0, 0.1) is 12.3 Å². The number of esters is 1. The molecule has 2 aromatic rings. The van der Waals surface area contributed by atoms with Crippen molar-refractivity contribution < 1.29 is 32.2 Å². The van der Waals surface area contributed by atoms with Gasteiger partial charge in [0.05, 0.1) is 23.3 Å². The first-order valence-corrected chi connectivity index (χ1v) is 13.6. The standard InChI is InChI=1S/C28H30F3N3O4S/c1-4-36-24(35)17-37-23-13-12-22(16-19(23)2)39-18-26(14-6-5-7-15-26)28-32-34(25(38-28)33(28)3)21-10-8-20(9-11-21)27(29,30)31/h5-14,16,25,32H,4,15,17-18H2,1-3H3. The van der Waals surface area contributed by atoms with Crippen molar-refractivity contribution >= 4 is 23.4 Å². The normalized spacial score (nSPS) is 26.0. The molecule has 3 atom stereocenters. The minimum absolute atomic E-state index is 0.143. The van der Waals surface area contributed by atoms with Crippen LogP contribution >= 0.6 is 11.8 Å².